The fraction of sp³-hybridized carbons (Fsp3) is 0.259. The van der Waals surface area contributed by atoms with Crippen LogP contribution >= 0.6 is 0 Å². The van der Waals surface area contributed by atoms with Crippen molar-refractivity contribution in [3.63, 3.8) is 0 Å². The summed E-state index contributed by atoms with van der Waals surface area (Å²) in [5.41, 5.74) is 13.4. The summed E-state index contributed by atoms with van der Waals surface area (Å²) in [6.07, 6.45) is 4.12. The third-order valence-electron chi connectivity index (χ3n) is 6.48. The SMILES string of the molecule is COC(=O)c1c(-c2ccccc2)nc2c(c1N)c1c(n2Cc2ccc(OC)cc2)CCCC1. The fourth-order valence-electron chi connectivity index (χ4n) is 4.87. The van der Waals surface area contributed by atoms with Crippen LogP contribution in [-0.4, -0.2) is 29.7 Å². The average Bonchev–Trinajstić information content (AvgIpc) is 3.18. The van der Waals surface area contributed by atoms with E-state index in [2.05, 4.69) is 16.7 Å². The minimum atomic E-state index is -0.465. The van der Waals surface area contributed by atoms with Gasteiger partial charge in [0, 0.05) is 23.2 Å². The van der Waals surface area contributed by atoms with Gasteiger partial charge in [0.05, 0.1) is 25.6 Å². The molecular weight excluding hydrogens is 414 g/mol. The zero-order chi connectivity index (χ0) is 22.9. The smallest absolute Gasteiger partial charge is 0.342 e. The highest BCUT2D eigenvalue weighted by molar-refractivity contribution is 6.10. The summed E-state index contributed by atoms with van der Waals surface area (Å²) in [7, 11) is 3.05. The number of carbonyl (C=O) groups excluding carboxylic acids is 1. The predicted molar refractivity (Wildman–Crippen MR) is 130 cm³/mol. The maximum Gasteiger partial charge on any atom is 0.342 e. The number of ether oxygens (including phenoxy) is 2. The van der Waals surface area contributed by atoms with Gasteiger partial charge >= 0.3 is 5.97 Å². The normalized spacial score (nSPS) is 13.0. The molecule has 168 valence electrons. The van der Waals surface area contributed by atoms with Crippen LogP contribution in [0.2, 0.25) is 0 Å². The van der Waals surface area contributed by atoms with Crippen molar-refractivity contribution in [2.75, 3.05) is 20.0 Å². The molecular formula is C27H27N3O3. The summed E-state index contributed by atoms with van der Waals surface area (Å²) in [4.78, 5) is 17.9. The lowest BCUT2D eigenvalue weighted by molar-refractivity contribution is 0.0602. The maximum atomic E-state index is 12.8. The van der Waals surface area contributed by atoms with Crippen molar-refractivity contribution in [2.24, 2.45) is 0 Å². The van der Waals surface area contributed by atoms with Crippen LogP contribution in [0.4, 0.5) is 5.69 Å². The lowest BCUT2D eigenvalue weighted by atomic mass is 9.94. The molecule has 0 aliphatic heterocycles. The minimum Gasteiger partial charge on any atom is -0.497 e. The number of hydrogen-bond acceptors (Lipinski definition) is 5. The molecule has 5 rings (SSSR count). The molecule has 33 heavy (non-hydrogen) atoms. The highest BCUT2D eigenvalue weighted by atomic mass is 16.5. The second kappa shape index (κ2) is 8.62. The zero-order valence-corrected chi connectivity index (χ0v) is 18.9. The van der Waals surface area contributed by atoms with Crippen molar-refractivity contribution in [2.45, 2.75) is 32.2 Å². The number of carbonyl (C=O) groups is 1. The minimum absolute atomic E-state index is 0.339. The van der Waals surface area contributed by atoms with Crippen molar-refractivity contribution in [3.8, 4) is 17.0 Å². The topological polar surface area (TPSA) is 79.4 Å². The number of nitrogen functional groups attached to an aromatic ring is 1. The van der Waals surface area contributed by atoms with Crippen LogP contribution in [-0.2, 0) is 24.1 Å². The Bertz CT molecular complexity index is 1320. The number of esters is 1. The summed E-state index contributed by atoms with van der Waals surface area (Å²) in [5.74, 6) is 0.364. The molecule has 6 nitrogen and oxygen atoms in total. The number of rotatable bonds is 5. The largest absolute Gasteiger partial charge is 0.497 e. The summed E-state index contributed by atoms with van der Waals surface area (Å²) in [6, 6.07) is 17.8. The molecule has 2 heterocycles. The van der Waals surface area contributed by atoms with E-state index in [-0.39, 0.29) is 0 Å². The van der Waals surface area contributed by atoms with Crippen molar-refractivity contribution in [3.05, 3.63) is 77.0 Å². The Kier molecular flexibility index (Phi) is 5.50. The molecule has 2 aromatic carbocycles. The Hall–Kier alpha value is -3.80. The number of methoxy groups -OCH3 is 2. The van der Waals surface area contributed by atoms with Crippen LogP contribution in [0.3, 0.4) is 0 Å². The zero-order valence-electron chi connectivity index (χ0n) is 18.9. The molecule has 0 amide bonds. The monoisotopic (exact) mass is 441 g/mol. The first kappa shape index (κ1) is 21.1. The molecule has 2 aromatic heterocycles. The van der Waals surface area contributed by atoms with Gasteiger partial charge in [-0.15, -0.1) is 0 Å². The highest BCUT2D eigenvalue weighted by Gasteiger charge is 2.28. The van der Waals surface area contributed by atoms with Crippen LogP contribution < -0.4 is 10.5 Å². The predicted octanol–water partition coefficient (Wildman–Crippen LogP) is 5.01. The number of nitrogens with zero attached hydrogens (tertiary/aromatic N) is 2. The van der Waals surface area contributed by atoms with E-state index in [9.17, 15) is 4.79 Å². The van der Waals surface area contributed by atoms with Gasteiger partial charge in [0.2, 0.25) is 0 Å². The molecule has 1 aliphatic rings. The molecule has 0 saturated heterocycles. The van der Waals surface area contributed by atoms with Crippen LogP contribution in [0.15, 0.2) is 54.6 Å². The average molecular weight is 442 g/mol. The number of anilines is 1. The van der Waals surface area contributed by atoms with Gasteiger partial charge in [-0.05, 0) is 48.9 Å². The number of nitrogens with two attached hydrogens (primary N) is 1. The van der Waals surface area contributed by atoms with Gasteiger partial charge in [-0.25, -0.2) is 9.78 Å². The van der Waals surface area contributed by atoms with E-state index >= 15 is 0 Å². The van der Waals surface area contributed by atoms with E-state index in [1.54, 1.807) is 7.11 Å². The molecule has 0 spiro atoms. The first-order chi connectivity index (χ1) is 16.1. The van der Waals surface area contributed by atoms with Crippen molar-refractivity contribution in [1.29, 1.82) is 0 Å². The summed E-state index contributed by atoms with van der Waals surface area (Å²) < 4.78 is 12.7. The highest BCUT2D eigenvalue weighted by Crippen LogP contribution is 2.40. The number of benzene rings is 2. The number of pyridine rings is 1. The van der Waals surface area contributed by atoms with Gasteiger partial charge in [0.1, 0.15) is 17.0 Å². The van der Waals surface area contributed by atoms with Crippen molar-refractivity contribution >= 4 is 22.7 Å². The van der Waals surface area contributed by atoms with Crippen LogP contribution in [0.1, 0.15) is 40.0 Å². The van der Waals surface area contributed by atoms with Gasteiger partial charge in [-0.3, -0.25) is 0 Å². The summed E-state index contributed by atoms with van der Waals surface area (Å²) in [6.45, 7) is 0.675. The Labute approximate surface area is 193 Å². The number of hydrogen-bond donors (Lipinski definition) is 1. The lowest BCUT2D eigenvalue weighted by Crippen LogP contribution is -2.11. The van der Waals surface area contributed by atoms with E-state index in [0.717, 1.165) is 53.6 Å². The first-order valence-corrected chi connectivity index (χ1v) is 11.2. The Morgan fingerprint density at radius 1 is 1.03 bits per heavy atom. The molecule has 4 aromatic rings. The van der Waals surface area contributed by atoms with Crippen molar-refractivity contribution < 1.29 is 14.3 Å². The van der Waals surface area contributed by atoms with E-state index < -0.39 is 5.97 Å². The van der Waals surface area contributed by atoms with Crippen LogP contribution in [0, 0.1) is 0 Å². The Morgan fingerprint density at radius 3 is 2.45 bits per heavy atom. The molecule has 1 aliphatic carbocycles. The molecule has 2 N–H and O–H groups in total. The van der Waals surface area contributed by atoms with E-state index in [0.29, 0.717) is 23.5 Å². The first-order valence-electron chi connectivity index (χ1n) is 11.2. The van der Waals surface area contributed by atoms with Gasteiger partial charge in [-0.1, -0.05) is 42.5 Å². The fourth-order valence-corrected chi connectivity index (χ4v) is 4.87. The van der Waals surface area contributed by atoms with Gasteiger partial charge in [-0.2, -0.15) is 0 Å². The van der Waals surface area contributed by atoms with Crippen molar-refractivity contribution in [1.82, 2.24) is 9.55 Å². The Morgan fingerprint density at radius 2 is 1.76 bits per heavy atom. The molecule has 0 bridgehead atoms. The molecule has 0 atom stereocenters. The summed E-state index contributed by atoms with van der Waals surface area (Å²) >= 11 is 0. The van der Waals surface area contributed by atoms with Gasteiger partial charge < -0.3 is 19.8 Å². The van der Waals surface area contributed by atoms with Gasteiger partial charge in [0.15, 0.2) is 0 Å². The van der Waals surface area contributed by atoms with Gasteiger partial charge in [0.25, 0.3) is 0 Å². The summed E-state index contributed by atoms with van der Waals surface area (Å²) in [5, 5.41) is 0.887. The molecule has 6 heteroatoms. The van der Waals surface area contributed by atoms with E-state index in [4.69, 9.17) is 20.2 Å². The van der Waals surface area contributed by atoms with Crippen LogP contribution in [0.5, 0.6) is 5.75 Å². The number of aromatic nitrogens is 2. The molecule has 0 fully saturated rings. The molecule has 0 radical (unpaired) electrons. The van der Waals surface area contributed by atoms with E-state index in [1.165, 1.54) is 18.4 Å². The lowest BCUT2D eigenvalue weighted by Gasteiger charge is -2.16. The maximum absolute atomic E-state index is 12.8. The third-order valence-corrected chi connectivity index (χ3v) is 6.48. The van der Waals surface area contributed by atoms with E-state index in [1.807, 2.05) is 42.5 Å². The Balaban J connectivity index is 1.78. The second-order valence-corrected chi connectivity index (χ2v) is 8.37. The number of aryl methyl sites for hydroxylation is 1. The van der Waals surface area contributed by atoms with Crippen LogP contribution in [0.25, 0.3) is 22.3 Å². The standard InChI is InChI=1S/C27H27N3O3/c1-32-19-14-12-17(13-15-19)16-30-21-11-7-6-10-20(21)22-24(28)23(27(31)33-2)25(29-26(22)30)18-8-4-3-5-9-18/h3-5,8-9,12-15H,6-7,10-11,16H2,1-2H3,(H2,28,29). The number of fused-ring (bicyclic) bond motifs is 3. The molecule has 0 saturated carbocycles. The molecule has 0 unspecified atom stereocenters. The second-order valence-electron chi connectivity index (χ2n) is 8.37. The third kappa shape index (κ3) is 3.61. The quantitative estimate of drug-likeness (QED) is 0.441.